The van der Waals surface area contributed by atoms with E-state index in [-0.39, 0.29) is 29.9 Å². The van der Waals surface area contributed by atoms with Crippen molar-refractivity contribution in [3.63, 3.8) is 0 Å². The van der Waals surface area contributed by atoms with Crippen LogP contribution >= 0.6 is 23.4 Å². The summed E-state index contributed by atoms with van der Waals surface area (Å²) in [5.41, 5.74) is 2.61. The summed E-state index contributed by atoms with van der Waals surface area (Å²) >= 11 is 7.62. The third-order valence-electron chi connectivity index (χ3n) is 5.69. The van der Waals surface area contributed by atoms with Crippen LogP contribution in [-0.2, 0) is 21.0 Å². The van der Waals surface area contributed by atoms with Gasteiger partial charge in [0.2, 0.25) is 10.8 Å². The van der Waals surface area contributed by atoms with E-state index < -0.39 is 4.87 Å². The number of anilines is 2. The normalized spacial score (nSPS) is 19.7. The summed E-state index contributed by atoms with van der Waals surface area (Å²) in [6.07, 6.45) is 0. The van der Waals surface area contributed by atoms with Gasteiger partial charge >= 0.3 is 0 Å². The van der Waals surface area contributed by atoms with E-state index in [1.165, 1.54) is 35.9 Å². The number of carbonyl (C=O) groups excluding carboxylic acids is 2. The number of rotatable bonds is 4. The maximum Gasteiger partial charge on any atom is 0.269 e. The molecule has 3 aromatic rings. The molecule has 2 amide bonds. The Morgan fingerprint density at radius 3 is 2.66 bits per heavy atom. The van der Waals surface area contributed by atoms with Crippen molar-refractivity contribution in [3.05, 3.63) is 88.7 Å². The molecule has 162 valence electrons. The van der Waals surface area contributed by atoms with Gasteiger partial charge in [-0.25, -0.2) is 4.39 Å². The first-order valence-corrected chi connectivity index (χ1v) is 11.3. The van der Waals surface area contributed by atoms with E-state index in [0.717, 1.165) is 5.56 Å². The summed E-state index contributed by atoms with van der Waals surface area (Å²) in [5, 5.41) is 0.347. The number of halogens is 2. The van der Waals surface area contributed by atoms with Crippen LogP contribution in [-0.4, -0.2) is 24.7 Å². The Morgan fingerprint density at radius 1 is 1.09 bits per heavy atom. The van der Waals surface area contributed by atoms with Crippen LogP contribution in [0.1, 0.15) is 11.1 Å². The van der Waals surface area contributed by atoms with Gasteiger partial charge in [-0.2, -0.15) is 0 Å². The molecule has 8 heteroatoms. The number of fused-ring (bicyclic) bond motifs is 2. The van der Waals surface area contributed by atoms with Gasteiger partial charge in [0.25, 0.3) is 5.91 Å². The Kier molecular flexibility index (Phi) is 5.10. The lowest BCUT2D eigenvalue weighted by Crippen LogP contribution is -2.49. The molecule has 0 aromatic heterocycles. The molecule has 0 unspecified atom stereocenters. The van der Waals surface area contributed by atoms with E-state index in [2.05, 4.69) is 0 Å². The maximum atomic E-state index is 14.0. The summed E-state index contributed by atoms with van der Waals surface area (Å²) in [4.78, 5) is 28.9. The molecule has 1 saturated heterocycles. The summed E-state index contributed by atoms with van der Waals surface area (Å²) in [5.74, 6) is -0.165. The first kappa shape index (κ1) is 20.8. The third kappa shape index (κ3) is 3.07. The fourth-order valence-corrected chi connectivity index (χ4v) is 5.94. The molecule has 0 bridgehead atoms. The van der Waals surface area contributed by atoms with Crippen molar-refractivity contribution < 1.29 is 18.7 Å². The second-order valence-electron chi connectivity index (χ2n) is 7.52. The summed E-state index contributed by atoms with van der Waals surface area (Å²) in [6, 6.07) is 18.6. The second-order valence-corrected chi connectivity index (χ2v) is 9.09. The van der Waals surface area contributed by atoms with Gasteiger partial charge in [0.15, 0.2) is 0 Å². The number of methoxy groups -OCH3 is 1. The van der Waals surface area contributed by atoms with Crippen LogP contribution in [0, 0.1) is 5.82 Å². The molecular formula is C24H18ClFN2O3S. The number of hydrogen-bond donors (Lipinski definition) is 0. The molecule has 3 aromatic carbocycles. The molecule has 1 spiro atoms. The lowest BCUT2D eigenvalue weighted by atomic mass is 10.0. The van der Waals surface area contributed by atoms with E-state index in [0.29, 0.717) is 27.7 Å². The highest BCUT2D eigenvalue weighted by atomic mass is 35.5. The lowest BCUT2D eigenvalue weighted by molar-refractivity contribution is -0.123. The Bertz CT molecular complexity index is 1250. The van der Waals surface area contributed by atoms with Crippen LogP contribution < -0.4 is 14.5 Å². The van der Waals surface area contributed by atoms with Crippen LogP contribution in [0.4, 0.5) is 15.8 Å². The smallest absolute Gasteiger partial charge is 0.269 e. The third-order valence-corrected chi connectivity index (χ3v) is 7.37. The van der Waals surface area contributed by atoms with Gasteiger partial charge in [-0.1, -0.05) is 41.9 Å². The minimum absolute atomic E-state index is 0.150. The van der Waals surface area contributed by atoms with Gasteiger partial charge in [-0.3, -0.25) is 14.5 Å². The molecule has 5 rings (SSSR count). The SMILES string of the molecule is COc1ccc(N2C(=O)CS[C@]23C(=O)N(Cc2cccc(F)c2)c2ccccc23)cc1Cl. The number of nitrogens with zero attached hydrogens (tertiary/aromatic N) is 2. The molecule has 0 N–H and O–H groups in total. The van der Waals surface area contributed by atoms with Gasteiger partial charge in [-0.15, -0.1) is 11.8 Å². The minimum Gasteiger partial charge on any atom is -0.495 e. The molecule has 2 aliphatic heterocycles. The number of benzene rings is 3. The summed E-state index contributed by atoms with van der Waals surface area (Å²) < 4.78 is 19.0. The van der Waals surface area contributed by atoms with Crippen molar-refractivity contribution in [2.45, 2.75) is 11.4 Å². The van der Waals surface area contributed by atoms with Gasteiger partial charge in [0.05, 0.1) is 30.1 Å². The number of amides is 2. The number of para-hydroxylation sites is 1. The predicted octanol–water partition coefficient (Wildman–Crippen LogP) is 4.97. The largest absolute Gasteiger partial charge is 0.495 e. The van der Waals surface area contributed by atoms with Crippen molar-refractivity contribution in [1.82, 2.24) is 0 Å². The number of ether oxygens (including phenoxy) is 1. The zero-order valence-electron chi connectivity index (χ0n) is 17.0. The molecule has 1 fully saturated rings. The van der Waals surface area contributed by atoms with Crippen LogP contribution in [0.5, 0.6) is 5.75 Å². The Labute approximate surface area is 193 Å². The molecule has 0 radical (unpaired) electrons. The van der Waals surface area contributed by atoms with E-state index >= 15 is 0 Å². The first-order chi connectivity index (χ1) is 15.5. The van der Waals surface area contributed by atoms with Gasteiger partial charge in [0, 0.05) is 11.3 Å². The van der Waals surface area contributed by atoms with Crippen LogP contribution in [0.25, 0.3) is 0 Å². The number of hydrogen-bond acceptors (Lipinski definition) is 4. The molecule has 1 atom stereocenters. The molecule has 2 heterocycles. The molecular weight excluding hydrogens is 451 g/mol. The van der Waals surface area contributed by atoms with Crippen molar-refractivity contribution in [3.8, 4) is 5.75 Å². The van der Waals surface area contributed by atoms with Gasteiger partial charge in [0.1, 0.15) is 11.6 Å². The average molecular weight is 469 g/mol. The standard InChI is InChI=1S/C24H18ClFN2O3S/c1-31-21-10-9-17(12-19(21)25)28-22(29)14-32-24(28)18-7-2-3-8-20(18)27(23(24)30)13-15-5-4-6-16(26)11-15/h2-12H,13-14H2,1H3/t24-/m1/s1. The highest BCUT2D eigenvalue weighted by Crippen LogP contribution is 2.56. The molecule has 0 aliphatic carbocycles. The Morgan fingerprint density at radius 2 is 1.91 bits per heavy atom. The maximum absolute atomic E-state index is 14.0. The van der Waals surface area contributed by atoms with Crippen molar-refractivity contribution >= 4 is 46.6 Å². The first-order valence-electron chi connectivity index (χ1n) is 9.92. The summed E-state index contributed by atoms with van der Waals surface area (Å²) in [7, 11) is 1.51. The highest BCUT2D eigenvalue weighted by molar-refractivity contribution is 8.02. The summed E-state index contributed by atoms with van der Waals surface area (Å²) in [6.45, 7) is 0.196. The van der Waals surface area contributed by atoms with E-state index in [1.807, 2.05) is 24.3 Å². The zero-order valence-corrected chi connectivity index (χ0v) is 18.6. The van der Waals surface area contributed by atoms with Crippen molar-refractivity contribution in [2.24, 2.45) is 0 Å². The number of carbonyl (C=O) groups is 2. The predicted molar refractivity (Wildman–Crippen MR) is 124 cm³/mol. The molecule has 2 aliphatic rings. The van der Waals surface area contributed by atoms with Crippen LogP contribution in [0.15, 0.2) is 66.7 Å². The second kappa shape index (κ2) is 7.83. The van der Waals surface area contributed by atoms with E-state index in [1.54, 1.807) is 35.2 Å². The average Bonchev–Trinajstić information content (AvgIpc) is 3.25. The molecule has 32 heavy (non-hydrogen) atoms. The van der Waals surface area contributed by atoms with Gasteiger partial charge < -0.3 is 9.64 Å². The van der Waals surface area contributed by atoms with Crippen LogP contribution in [0.2, 0.25) is 5.02 Å². The monoisotopic (exact) mass is 468 g/mol. The highest BCUT2D eigenvalue weighted by Gasteiger charge is 2.60. The van der Waals surface area contributed by atoms with Crippen LogP contribution in [0.3, 0.4) is 0 Å². The Hall–Kier alpha value is -3.03. The lowest BCUT2D eigenvalue weighted by Gasteiger charge is -2.33. The quantitative estimate of drug-likeness (QED) is 0.542. The van der Waals surface area contributed by atoms with Crippen molar-refractivity contribution in [1.29, 1.82) is 0 Å². The fourth-order valence-electron chi connectivity index (χ4n) is 4.32. The minimum atomic E-state index is -1.25. The molecule has 0 saturated carbocycles. The van der Waals surface area contributed by atoms with Gasteiger partial charge in [-0.05, 0) is 42.0 Å². The Balaban J connectivity index is 1.63. The topological polar surface area (TPSA) is 49.9 Å². The van der Waals surface area contributed by atoms with E-state index in [9.17, 15) is 14.0 Å². The zero-order chi connectivity index (χ0) is 22.5. The fraction of sp³-hybridized carbons (Fsp3) is 0.167. The number of thioether (sulfide) groups is 1. The van der Waals surface area contributed by atoms with E-state index in [4.69, 9.17) is 16.3 Å². The van der Waals surface area contributed by atoms with Crippen molar-refractivity contribution in [2.75, 3.05) is 22.7 Å². The molecule has 5 nitrogen and oxygen atoms in total.